The van der Waals surface area contributed by atoms with Crippen LogP contribution < -0.4 is 24.1 Å². The van der Waals surface area contributed by atoms with Gasteiger partial charge in [0.25, 0.3) is 21.8 Å². The van der Waals surface area contributed by atoms with Crippen LogP contribution in [-0.4, -0.2) is 34.5 Å². The molecule has 41 heavy (non-hydrogen) atoms. The minimum atomic E-state index is -4.68. The molecule has 210 valence electrons. The van der Waals surface area contributed by atoms with Gasteiger partial charge >= 0.3 is 0 Å². The summed E-state index contributed by atoms with van der Waals surface area (Å²) in [6.07, 6.45) is 0. The molecule has 1 aliphatic rings. The van der Waals surface area contributed by atoms with E-state index >= 15 is 0 Å². The Morgan fingerprint density at radius 3 is 2.22 bits per heavy atom. The van der Waals surface area contributed by atoms with Gasteiger partial charge in [-0.15, -0.1) is 0 Å². The van der Waals surface area contributed by atoms with Gasteiger partial charge in [0, 0.05) is 27.2 Å². The molecule has 2 amide bonds. The minimum absolute atomic E-state index is 0.00619. The third-order valence-electron chi connectivity index (χ3n) is 6.60. The monoisotopic (exact) mass is 612 g/mol. The summed E-state index contributed by atoms with van der Waals surface area (Å²) in [7, 11) is -1.97. The summed E-state index contributed by atoms with van der Waals surface area (Å²) in [5.41, 5.74) is -0.0477. The fourth-order valence-electron chi connectivity index (χ4n) is 4.73. The molecule has 0 bridgehead atoms. The summed E-state index contributed by atoms with van der Waals surface area (Å²) in [5.74, 6) is -1.56. The molecule has 0 saturated carbocycles. The van der Waals surface area contributed by atoms with Crippen molar-refractivity contribution < 1.29 is 32.3 Å². The molecule has 9 nitrogen and oxygen atoms in total. The number of para-hydroxylation sites is 1. The number of benzene rings is 4. The van der Waals surface area contributed by atoms with Gasteiger partial charge in [-0.2, -0.15) is 5.48 Å². The first-order valence-corrected chi connectivity index (χ1v) is 14.2. The Morgan fingerprint density at radius 2 is 1.54 bits per heavy atom. The largest absolute Gasteiger partial charge is 0.497 e. The van der Waals surface area contributed by atoms with Crippen molar-refractivity contribution in [3.63, 3.8) is 0 Å². The normalized spacial score (nSPS) is 16.2. The summed E-state index contributed by atoms with van der Waals surface area (Å²) < 4.78 is 39.5. The number of nitrogens with zero attached hydrogens (tertiary/aromatic N) is 1. The Bertz CT molecular complexity index is 1770. The number of amides is 2. The number of rotatable bonds is 8. The Kier molecular flexibility index (Phi) is 7.56. The molecule has 0 spiro atoms. The first-order valence-electron chi connectivity index (χ1n) is 12.1. The van der Waals surface area contributed by atoms with Gasteiger partial charge in [0.2, 0.25) is 0 Å². The Labute approximate surface area is 246 Å². The average Bonchev–Trinajstić information content (AvgIpc) is 3.24. The van der Waals surface area contributed by atoms with Gasteiger partial charge in [0.05, 0.1) is 19.9 Å². The number of sulfonamides is 1. The van der Waals surface area contributed by atoms with Gasteiger partial charge in [-0.05, 0) is 48.5 Å². The molecule has 1 N–H and O–H groups in total. The van der Waals surface area contributed by atoms with E-state index in [0.29, 0.717) is 10.1 Å². The van der Waals surface area contributed by atoms with Gasteiger partial charge in [-0.25, -0.2) is 12.7 Å². The maximum Gasteiger partial charge on any atom is 0.277 e. The van der Waals surface area contributed by atoms with Crippen LogP contribution in [0.5, 0.6) is 17.2 Å². The van der Waals surface area contributed by atoms with E-state index in [0.717, 1.165) is 0 Å². The zero-order valence-corrected chi connectivity index (χ0v) is 24.0. The number of hydroxylamine groups is 1. The number of anilines is 1. The fraction of sp³-hybridized carbons (Fsp3) is 0.103. The number of hydrogen-bond acceptors (Lipinski definition) is 7. The number of methoxy groups -OCH3 is 2. The number of halogens is 2. The number of hydrogen-bond donors (Lipinski definition) is 1. The van der Waals surface area contributed by atoms with Crippen molar-refractivity contribution in [1.29, 1.82) is 0 Å². The molecular weight excluding hydrogens is 591 g/mol. The van der Waals surface area contributed by atoms with Crippen LogP contribution in [0.4, 0.5) is 5.69 Å². The molecule has 0 aromatic heterocycles. The molecule has 4 aromatic carbocycles. The van der Waals surface area contributed by atoms with Crippen LogP contribution in [0.25, 0.3) is 0 Å². The lowest BCUT2D eigenvalue weighted by atomic mass is 9.74. The number of fused-ring (bicyclic) bond motifs is 1. The van der Waals surface area contributed by atoms with Crippen molar-refractivity contribution in [2.24, 2.45) is 0 Å². The Balaban J connectivity index is 1.75. The smallest absolute Gasteiger partial charge is 0.277 e. The molecule has 1 heterocycles. The number of nitrogens with one attached hydrogen (secondary N) is 1. The van der Waals surface area contributed by atoms with E-state index < -0.39 is 27.3 Å². The van der Waals surface area contributed by atoms with E-state index in [1.165, 1.54) is 62.8 Å². The molecule has 0 aliphatic carbocycles. The van der Waals surface area contributed by atoms with Crippen molar-refractivity contribution in [2.45, 2.75) is 10.3 Å². The molecule has 0 saturated heterocycles. The molecule has 1 aliphatic heterocycles. The van der Waals surface area contributed by atoms with Crippen LogP contribution in [-0.2, 0) is 25.0 Å². The van der Waals surface area contributed by atoms with E-state index in [1.807, 2.05) is 0 Å². The summed E-state index contributed by atoms with van der Waals surface area (Å²) in [4.78, 5) is 33.9. The highest BCUT2D eigenvalue weighted by atomic mass is 35.5. The highest BCUT2D eigenvalue weighted by Gasteiger charge is 2.62. The lowest BCUT2D eigenvalue weighted by Gasteiger charge is -2.28. The zero-order valence-electron chi connectivity index (χ0n) is 21.6. The van der Waals surface area contributed by atoms with E-state index in [9.17, 15) is 18.0 Å². The number of carbonyl (C=O) groups excluding carboxylic acids is 2. The fourth-order valence-corrected chi connectivity index (χ4v) is 6.78. The van der Waals surface area contributed by atoms with Crippen molar-refractivity contribution in [2.75, 3.05) is 18.5 Å². The lowest BCUT2D eigenvalue weighted by molar-refractivity contribution is -0.137. The second-order valence-electron chi connectivity index (χ2n) is 8.83. The van der Waals surface area contributed by atoms with Crippen LogP contribution >= 0.6 is 23.2 Å². The van der Waals surface area contributed by atoms with Crippen LogP contribution in [0.1, 0.15) is 11.1 Å². The predicted molar refractivity (Wildman–Crippen MR) is 153 cm³/mol. The minimum Gasteiger partial charge on any atom is -0.497 e. The Hall–Kier alpha value is -4.25. The van der Waals surface area contributed by atoms with Gasteiger partial charge < -0.3 is 14.3 Å². The third-order valence-corrected chi connectivity index (χ3v) is 8.90. The quantitative estimate of drug-likeness (QED) is 0.216. The average molecular weight is 613 g/mol. The maximum atomic E-state index is 14.6. The number of carbonyl (C=O) groups is 2. The van der Waals surface area contributed by atoms with Gasteiger partial charge in [-0.3, -0.25) is 9.59 Å². The molecule has 1 unspecified atom stereocenters. The first kappa shape index (κ1) is 28.3. The van der Waals surface area contributed by atoms with Crippen molar-refractivity contribution in [3.8, 4) is 17.2 Å². The molecule has 0 fully saturated rings. The SMILES string of the molecule is COc1ccc(S(=O)(=O)N2C(=O)C(C(=O)NOc3ccccc3)(c3ccccc3Cl)c3cc(Cl)ccc32)c(OC)c1. The van der Waals surface area contributed by atoms with Crippen molar-refractivity contribution in [1.82, 2.24) is 5.48 Å². The van der Waals surface area contributed by atoms with Gasteiger partial charge in [0.15, 0.2) is 11.2 Å². The van der Waals surface area contributed by atoms with Crippen LogP contribution in [0.2, 0.25) is 10.0 Å². The Morgan fingerprint density at radius 1 is 0.829 bits per heavy atom. The predicted octanol–water partition coefficient (Wildman–Crippen LogP) is 5.14. The van der Waals surface area contributed by atoms with Gasteiger partial charge in [0.1, 0.15) is 16.4 Å². The molecule has 1 atom stereocenters. The van der Waals surface area contributed by atoms with Crippen LogP contribution in [0, 0.1) is 0 Å². The van der Waals surface area contributed by atoms with E-state index in [2.05, 4.69) is 5.48 Å². The lowest BCUT2D eigenvalue weighted by Crippen LogP contribution is -2.54. The van der Waals surface area contributed by atoms with E-state index in [4.69, 9.17) is 37.5 Å². The molecular formula is C29H22Cl2N2O7S. The standard InChI is InChI=1S/C29H22Cl2N2O7S/c1-38-20-13-15-26(25(17-20)39-2)41(36,37)33-24-14-12-18(30)16-22(24)29(28(33)35,21-10-6-7-11-23(21)31)27(34)32-40-19-8-4-3-5-9-19/h3-17H,1-2H3,(H,32,34). The van der Waals surface area contributed by atoms with Gasteiger partial charge in [-0.1, -0.05) is 59.6 Å². The highest BCUT2D eigenvalue weighted by molar-refractivity contribution is 7.93. The molecule has 12 heteroatoms. The summed E-state index contributed by atoms with van der Waals surface area (Å²) >= 11 is 12.9. The summed E-state index contributed by atoms with van der Waals surface area (Å²) in [6, 6.07) is 22.7. The summed E-state index contributed by atoms with van der Waals surface area (Å²) in [6.45, 7) is 0. The number of ether oxygens (including phenoxy) is 2. The summed E-state index contributed by atoms with van der Waals surface area (Å²) in [5, 5.41) is 0.203. The van der Waals surface area contributed by atoms with Crippen molar-refractivity contribution in [3.05, 3.63) is 112 Å². The van der Waals surface area contributed by atoms with Crippen LogP contribution in [0.15, 0.2) is 95.9 Å². The second-order valence-corrected chi connectivity index (χ2v) is 11.4. The highest BCUT2D eigenvalue weighted by Crippen LogP contribution is 2.51. The third kappa shape index (κ3) is 4.63. The van der Waals surface area contributed by atoms with E-state index in [1.54, 1.807) is 42.5 Å². The molecule has 0 radical (unpaired) electrons. The molecule has 4 aromatic rings. The maximum absolute atomic E-state index is 14.6. The molecule has 5 rings (SSSR count). The van der Waals surface area contributed by atoms with E-state index in [-0.39, 0.29) is 43.3 Å². The van der Waals surface area contributed by atoms with Crippen molar-refractivity contribution >= 4 is 50.7 Å². The second kappa shape index (κ2) is 11.0. The topological polar surface area (TPSA) is 111 Å². The first-order chi connectivity index (χ1) is 19.7. The van der Waals surface area contributed by atoms with Crippen LogP contribution in [0.3, 0.4) is 0 Å². The zero-order chi connectivity index (χ0) is 29.4.